The summed E-state index contributed by atoms with van der Waals surface area (Å²) < 4.78 is 10.8. The van der Waals surface area contributed by atoms with Gasteiger partial charge >= 0.3 is 0 Å². The van der Waals surface area contributed by atoms with Crippen LogP contribution in [0.2, 0.25) is 0 Å². The van der Waals surface area contributed by atoms with Crippen molar-refractivity contribution in [3.05, 3.63) is 23.3 Å². The lowest BCUT2D eigenvalue weighted by atomic mass is 10.0. The number of ether oxygens (including phenoxy) is 2. The van der Waals surface area contributed by atoms with Crippen LogP contribution in [0.4, 0.5) is 0 Å². The SMILES string of the molecule is COc1cc(C)c(CN(C)C2CCCNCC2)cc1OC.Cl. The normalized spacial score (nSPS) is 18.5. The van der Waals surface area contributed by atoms with E-state index in [0.29, 0.717) is 6.04 Å². The van der Waals surface area contributed by atoms with E-state index in [2.05, 4.69) is 36.3 Å². The smallest absolute Gasteiger partial charge is 0.161 e. The van der Waals surface area contributed by atoms with Crippen molar-refractivity contribution < 1.29 is 9.47 Å². The molecule has 0 spiro atoms. The summed E-state index contributed by atoms with van der Waals surface area (Å²) in [5, 5.41) is 3.48. The Morgan fingerprint density at radius 3 is 2.50 bits per heavy atom. The van der Waals surface area contributed by atoms with E-state index in [9.17, 15) is 0 Å². The summed E-state index contributed by atoms with van der Waals surface area (Å²) in [5.74, 6) is 1.62. The number of benzene rings is 1. The maximum absolute atomic E-state index is 5.43. The first-order valence-electron chi connectivity index (χ1n) is 7.78. The quantitative estimate of drug-likeness (QED) is 0.901. The molecule has 1 aliphatic rings. The average Bonchev–Trinajstić information content (AvgIpc) is 2.78. The fourth-order valence-electron chi connectivity index (χ4n) is 3.03. The molecule has 126 valence electrons. The van der Waals surface area contributed by atoms with Gasteiger partial charge in [0.15, 0.2) is 11.5 Å². The molecule has 22 heavy (non-hydrogen) atoms. The number of nitrogens with one attached hydrogen (secondary N) is 1. The maximum Gasteiger partial charge on any atom is 0.161 e. The van der Waals surface area contributed by atoms with Crippen molar-refractivity contribution >= 4 is 12.4 Å². The zero-order valence-corrected chi connectivity index (χ0v) is 15.0. The van der Waals surface area contributed by atoms with Crippen molar-refractivity contribution in [1.82, 2.24) is 10.2 Å². The first kappa shape index (κ1) is 19.1. The topological polar surface area (TPSA) is 33.7 Å². The third-order valence-corrected chi connectivity index (χ3v) is 4.43. The molecule has 0 radical (unpaired) electrons. The average molecular weight is 329 g/mol. The molecule has 0 aromatic heterocycles. The number of hydrogen-bond acceptors (Lipinski definition) is 4. The van der Waals surface area contributed by atoms with E-state index in [1.807, 2.05) is 0 Å². The second kappa shape index (κ2) is 9.23. The monoisotopic (exact) mass is 328 g/mol. The van der Waals surface area contributed by atoms with Crippen LogP contribution < -0.4 is 14.8 Å². The van der Waals surface area contributed by atoms with Gasteiger partial charge in [-0.05, 0) is 69.6 Å². The Hall–Kier alpha value is -0.970. The first-order chi connectivity index (χ1) is 10.2. The van der Waals surface area contributed by atoms with Crippen LogP contribution in [0, 0.1) is 6.92 Å². The minimum Gasteiger partial charge on any atom is -0.493 e. The predicted molar refractivity (Wildman–Crippen MR) is 93.5 cm³/mol. The van der Waals surface area contributed by atoms with Crippen LogP contribution in [0.1, 0.15) is 30.4 Å². The van der Waals surface area contributed by atoms with Gasteiger partial charge in [-0.25, -0.2) is 0 Å². The van der Waals surface area contributed by atoms with Gasteiger partial charge in [0, 0.05) is 12.6 Å². The molecule has 1 atom stereocenters. The molecule has 2 rings (SSSR count). The molecule has 1 heterocycles. The Morgan fingerprint density at radius 1 is 1.14 bits per heavy atom. The Bertz CT molecular complexity index is 460. The summed E-state index contributed by atoms with van der Waals surface area (Å²) in [6.07, 6.45) is 3.76. The van der Waals surface area contributed by atoms with E-state index in [1.165, 1.54) is 30.4 Å². The number of aryl methyl sites for hydroxylation is 1. The largest absolute Gasteiger partial charge is 0.493 e. The maximum atomic E-state index is 5.43. The van der Waals surface area contributed by atoms with Gasteiger partial charge in [0.2, 0.25) is 0 Å². The van der Waals surface area contributed by atoms with Gasteiger partial charge in [-0.1, -0.05) is 0 Å². The molecule has 0 bridgehead atoms. The van der Waals surface area contributed by atoms with Crippen LogP contribution in [0.25, 0.3) is 0 Å². The van der Waals surface area contributed by atoms with Gasteiger partial charge in [0.1, 0.15) is 0 Å². The fourth-order valence-corrected chi connectivity index (χ4v) is 3.03. The molecule has 0 aliphatic carbocycles. The molecule has 1 unspecified atom stereocenters. The first-order valence-corrected chi connectivity index (χ1v) is 7.78. The number of rotatable bonds is 5. The van der Waals surface area contributed by atoms with Gasteiger partial charge < -0.3 is 14.8 Å². The molecule has 1 aromatic rings. The highest BCUT2D eigenvalue weighted by Gasteiger charge is 2.18. The summed E-state index contributed by atoms with van der Waals surface area (Å²) >= 11 is 0. The van der Waals surface area contributed by atoms with Crippen LogP contribution >= 0.6 is 12.4 Å². The zero-order valence-electron chi connectivity index (χ0n) is 14.1. The lowest BCUT2D eigenvalue weighted by molar-refractivity contribution is 0.216. The standard InChI is InChI=1S/C17H28N2O2.ClH/c1-13-10-16(20-3)17(21-4)11-14(13)12-19(2)15-6-5-8-18-9-7-15;/h10-11,15,18H,5-9,12H2,1-4H3;1H. The van der Waals surface area contributed by atoms with Crippen LogP contribution in [0.3, 0.4) is 0 Å². The summed E-state index contributed by atoms with van der Waals surface area (Å²) in [6, 6.07) is 4.84. The van der Waals surface area contributed by atoms with Crippen LogP contribution in [0.5, 0.6) is 11.5 Å². The summed E-state index contributed by atoms with van der Waals surface area (Å²) in [4.78, 5) is 2.47. The van der Waals surface area contributed by atoms with Gasteiger partial charge in [0.25, 0.3) is 0 Å². The van der Waals surface area contributed by atoms with Crippen LogP contribution in [0.15, 0.2) is 12.1 Å². The Morgan fingerprint density at radius 2 is 1.82 bits per heavy atom. The van der Waals surface area contributed by atoms with Gasteiger partial charge in [-0.3, -0.25) is 4.90 Å². The van der Waals surface area contributed by atoms with E-state index < -0.39 is 0 Å². The second-order valence-electron chi connectivity index (χ2n) is 5.88. The Labute approximate surface area is 140 Å². The van der Waals surface area contributed by atoms with E-state index >= 15 is 0 Å². The van der Waals surface area contributed by atoms with Gasteiger partial charge in [0.05, 0.1) is 14.2 Å². The van der Waals surface area contributed by atoms with Crippen molar-refractivity contribution in [1.29, 1.82) is 0 Å². The van der Waals surface area contributed by atoms with Gasteiger partial charge in [-0.2, -0.15) is 0 Å². The van der Waals surface area contributed by atoms with Crippen molar-refractivity contribution in [3.63, 3.8) is 0 Å². The molecule has 1 aromatic carbocycles. The molecular formula is C17H29ClN2O2. The summed E-state index contributed by atoms with van der Waals surface area (Å²) in [7, 11) is 5.60. The highest BCUT2D eigenvalue weighted by atomic mass is 35.5. The fraction of sp³-hybridized carbons (Fsp3) is 0.647. The minimum atomic E-state index is 0. The number of nitrogens with zero attached hydrogens (tertiary/aromatic N) is 1. The molecule has 5 heteroatoms. The highest BCUT2D eigenvalue weighted by molar-refractivity contribution is 5.85. The summed E-state index contributed by atoms with van der Waals surface area (Å²) in [5.41, 5.74) is 2.57. The predicted octanol–water partition coefficient (Wildman–Crippen LogP) is 3.01. The minimum absolute atomic E-state index is 0. The van der Waals surface area contributed by atoms with Crippen LogP contribution in [-0.2, 0) is 6.54 Å². The summed E-state index contributed by atoms with van der Waals surface area (Å²) in [6.45, 7) is 5.37. The van der Waals surface area contributed by atoms with Gasteiger partial charge in [-0.15, -0.1) is 12.4 Å². The lowest BCUT2D eigenvalue weighted by Gasteiger charge is -2.27. The van der Waals surface area contributed by atoms with Crippen LogP contribution in [-0.4, -0.2) is 45.3 Å². The molecule has 1 fully saturated rings. The van der Waals surface area contributed by atoms with Crippen molar-refractivity contribution in [2.45, 2.75) is 38.8 Å². The van der Waals surface area contributed by atoms with Crippen molar-refractivity contribution in [2.24, 2.45) is 0 Å². The number of hydrogen-bond donors (Lipinski definition) is 1. The molecule has 4 nitrogen and oxygen atoms in total. The number of methoxy groups -OCH3 is 2. The lowest BCUT2D eigenvalue weighted by Crippen LogP contribution is -2.32. The molecule has 0 saturated carbocycles. The Kier molecular flexibility index (Phi) is 8.01. The molecule has 1 N–H and O–H groups in total. The van der Waals surface area contributed by atoms with E-state index in [-0.39, 0.29) is 12.4 Å². The highest BCUT2D eigenvalue weighted by Crippen LogP contribution is 2.31. The molecule has 0 amide bonds. The zero-order chi connectivity index (χ0) is 15.2. The number of halogens is 1. The van der Waals surface area contributed by atoms with E-state index in [1.54, 1.807) is 14.2 Å². The third-order valence-electron chi connectivity index (χ3n) is 4.43. The van der Waals surface area contributed by atoms with E-state index in [4.69, 9.17) is 9.47 Å². The molecule has 1 aliphatic heterocycles. The van der Waals surface area contributed by atoms with Crippen molar-refractivity contribution in [3.8, 4) is 11.5 Å². The molecular weight excluding hydrogens is 300 g/mol. The second-order valence-corrected chi connectivity index (χ2v) is 5.88. The molecule has 1 saturated heterocycles. The third kappa shape index (κ3) is 4.77. The Balaban J connectivity index is 0.00000242. The van der Waals surface area contributed by atoms with Crippen molar-refractivity contribution in [2.75, 3.05) is 34.4 Å². The van der Waals surface area contributed by atoms with E-state index in [0.717, 1.165) is 31.1 Å².